The second-order valence-electron chi connectivity index (χ2n) is 7.89. The number of fused-ring (bicyclic) bond motifs is 2. The molecule has 168 valence electrons. The van der Waals surface area contributed by atoms with Crippen LogP contribution in [0.2, 0.25) is 0 Å². The zero-order valence-corrected chi connectivity index (χ0v) is 18.5. The summed E-state index contributed by atoms with van der Waals surface area (Å²) in [4.78, 5) is 16.8. The van der Waals surface area contributed by atoms with E-state index >= 15 is 0 Å². The Balaban J connectivity index is 1.40. The molecule has 0 saturated carbocycles. The standard InChI is InChI=1S/C28H22N2O4/c1-33-27-16-23-24(17-25(27)31)29-12-11-26(23)34-22-10-8-19-7-9-21(14-20(19)15-22)30-28(32)13-18-5-3-2-4-6-18/h2-12,14-17,31H,13H2,1H3,(H,30,32). The number of aromatic nitrogens is 1. The third-order valence-corrected chi connectivity index (χ3v) is 5.53. The maximum absolute atomic E-state index is 12.5. The van der Waals surface area contributed by atoms with Crippen LogP contribution in [0.1, 0.15) is 5.56 Å². The van der Waals surface area contributed by atoms with Crippen molar-refractivity contribution >= 4 is 33.3 Å². The van der Waals surface area contributed by atoms with Crippen LogP contribution in [0.4, 0.5) is 5.69 Å². The lowest BCUT2D eigenvalue weighted by Gasteiger charge is -2.12. The topological polar surface area (TPSA) is 80.7 Å². The van der Waals surface area contributed by atoms with Gasteiger partial charge in [0.05, 0.1) is 19.0 Å². The Morgan fingerprint density at radius 2 is 1.74 bits per heavy atom. The molecule has 0 atom stereocenters. The van der Waals surface area contributed by atoms with Gasteiger partial charge in [0.2, 0.25) is 5.91 Å². The van der Waals surface area contributed by atoms with Crippen molar-refractivity contribution < 1.29 is 19.4 Å². The van der Waals surface area contributed by atoms with Gasteiger partial charge in [0, 0.05) is 23.3 Å². The number of methoxy groups -OCH3 is 1. The highest BCUT2D eigenvalue weighted by Gasteiger charge is 2.11. The van der Waals surface area contributed by atoms with E-state index in [1.54, 1.807) is 24.4 Å². The van der Waals surface area contributed by atoms with Gasteiger partial charge in [-0.2, -0.15) is 0 Å². The van der Waals surface area contributed by atoms with Crippen LogP contribution < -0.4 is 14.8 Å². The highest BCUT2D eigenvalue weighted by molar-refractivity contribution is 5.96. The second-order valence-corrected chi connectivity index (χ2v) is 7.89. The summed E-state index contributed by atoms with van der Waals surface area (Å²) in [6, 6.07) is 26.2. The van der Waals surface area contributed by atoms with Crippen LogP contribution in [0.25, 0.3) is 21.7 Å². The first-order chi connectivity index (χ1) is 16.6. The maximum Gasteiger partial charge on any atom is 0.228 e. The molecule has 2 N–H and O–H groups in total. The van der Waals surface area contributed by atoms with Gasteiger partial charge in [-0.3, -0.25) is 9.78 Å². The Kier molecular flexibility index (Phi) is 5.70. The minimum atomic E-state index is -0.0709. The fourth-order valence-electron chi connectivity index (χ4n) is 3.87. The van der Waals surface area contributed by atoms with Crippen LogP contribution in [-0.2, 0) is 11.2 Å². The van der Waals surface area contributed by atoms with Gasteiger partial charge >= 0.3 is 0 Å². The molecule has 4 aromatic carbocycles. The summed E-state index contributed by atoms with van der Waals surface area (Å²) >= 11 is 0. The SMILES string of the molecule is COc1cc2c(Oc3ccc4ccc(NC(=O)Cc5ccccc5)cc4c3)ccnc2cc1O. The first kappa shape index (κ1) is 21.3. The number of carbonyl (C=O) groups excluding carboxylic acids is 1. The van der Waals surface area contributed by atoms with E-state index in [9.17, 15) is 9.90 Å². The number of pyridine rings is 1. The minimum absolute atomic E-state index is 0.0206. The maximum atomic E-state index is 12.5. The highest BCUT2D eigenvalue weighted by Crippen LogP contribution is 2.37. The number of hydrogen-bond donors (Lipinski definition) is 2. The first-order valence-corrected chi connectivity index (χ1v) is 10.8. The van der Waals surface area contributed by atoms with Crippen molar-refractivity contribution in [1.29, 1.82) is 0 Å². The van der Waals surface area contributed by atoms with E-state index in [4.69, 9.17) is 9.47 Å². The zero-order chi connectivity index (χ0) is 23.5. The number of amides is 1. The molecule has 0 radical (unpaired) electrons. The molecule has 5 aromatic rings. The molecule has 6 nitrogen and oxygen atoms in total. The molecule has 6 heteroatoms. The molecule has 34 heavy (non-hydrogen) atoms. The summed E-state index contributed by atoms with van der Waals surface area (Å²) in [7, 11) is 1.50. The van der Waals surface area contributed by atoms with Gasteiger partial charge in [-0.05, 0) is 52.7 Å². The van der Waals surface area contributed by atoms with Crippen molar-refractivity contribution in [3.63, 3.8) is 0 Å². The smallest absolute Gasteiger partial charge is 0.228 e. The molecule has 0 spiro atoms. The molecule has 0 aliphatic rings. The molecular formula is C28H22N2O4. The van der Waals surface area contributed by atoms with Crippen LogP contribution in [0.5, 0.6) is 23.0 Å². The van der Waals surface area contributed by atoms with Gasteiger partial charge in [0.1, 0.15) is 11.5 Å². The van der Waals surface area contributed by atoms with E-state index in [-0.39, 0.29) is 11.7 Å². The lowest BCUT2D eigenvalue weighted by molar-refractivity contribution is -0.115. The number of nitrogens with one attached hydrogen (secondary N) is 1. The predicted octanol–water partition coefficient (Wildman–Crippen LogP) is 6.08. The minimum Gasteiger partial charge on any atom is -0.504 e. The Hall–Kier alpha value is -4.58. The molecule has 1 amide bonds. The van der Waals surface area contributed by atoms with Crippen molar-refractivity contribution in [3.8, 4) is 23.0 Å². The van der Waals surface area contributed by atoms with E-state index < -0.39 is 0 Å². The van der Waals surface area contributed by atoms with E-state index in [1.807, 2.05) is 66.7 Å². The van der Waals surface area contributed by atoms with Crippen molar-refractivity contribution in [2.24, 2.45) is 0 Å². The van der Waals surface area contributed by atoms with E-state index in [0.717, 1.165) is 27.4 Å². The van der Waals surface area contributed by atoms with Gasteiger partial charge in [-0.1, -0.05) is 42.5 Å². The van der Waals surface area contributed by atoms with Crippen LogP contribution in [0, 0.1) is 0 Å². The Bertz CT molecular complexity index is 1500. The predicted molar refractivity (Wildman–Crippen MR) is 133 cm³/mol. The first-order valence-electron chi connectivity index (χ1n) is 10.8. The fourth-order valence-corrected chi connectivity index (χ4v) is 3.87. The Morgan fingerprint density at radius 1 is 0.912 bits per heavy atom. The van der Waals surface area contributed by atoms with Crippen LogP contribution in [-0.4, -0.2) is 23.1 Å². The lowest BCUT2D eigenvalue weighted by atomic mass is 10.1. The summed E-state index contributed by atoms with van der Waals surface area (Å²) in [6.45, 7) is 0. The molecule has 0 aliphatic heterocycles. The van der Waals surface area contributed by atoms with Crippen molar-refractivity contribution in [2.75, 3.05) is 12.4 Å². The molecule has 0 bridgehead atoms. The van der Waals surface area contributed by atoms with Crippen molar-refractivity contribution in [1.82, 2.24) is 4.98 Å². The van der Waals surface area contributed by atoms with Gasteiger partial charge < -0.3 is 19.9 Å². The number of rotatable bonds is 6. The van der Waals surface area contributed by atoms with Crippen LogP contribution in [0.15, 0.2) is 91.1 Å². The second kappa shape index (κ2) is 9.11. The number of nitrogens with zero attached hydrogens (tertiary/aromatic N) is 1. The molecule has 0 saturated heterocycles. The van der Waals surface area contributed by atoms with E-state index in [1.165, 1.54) is 7.11 Å². The number of aromatic hydroxyl groups is 1. The molecular weight excluding hydrogens is 428 g/mol. The average molecular weight is 450 g/mol. The highest BCUT2D eigenvalue weighted by atomic mass is 16.5. The molecule has 1 aromatic heterocycles. The van der Waals surface area contributed by atoms with Gasteiger partial charge in [-0.15, -0.1) is 0 Å². The quantitative estimate of drug-likeness (QED) is 0.328. The summed E-state index contributed by atoms with van der Waals surface area (Å²) < 4.78 is 11.4. The van der Waals surface area contributed by atoms with Crippen molar-refractivity contribution in [3.05, 3.63) is 96.7 Å². The molecule has 0 fully saturated rings. The van der Waals surface area contributed by atoms with E-state index in [2.05, 4.69) is 10.3 Å². The third-order valence-electron chi connectivity index (χ3n) is 5.53. The zero-order valence-electron chi connectivity index (χ0n) is 18.5. The largest absolute Gasteiger partial charge is 0.504 e. The number of hydrogen-bond acceptors (Lipinski definition) is 5. The number of anilines is 1. The normalized spacial score (nSPS) is 10.9. The Morgan fingerprint density at radius 3 is 2.56 bits per heavy atom. The summed E-state index contributed by atoms with van der Waals surface area (Å²) in [5.74, 6) is 1.53. The van der Waals surface area contributed by atoms with E-state index in [0.29, 0.717) is 29.2 Å². The van der Waals surface area contributed by atoms with Gasteiger partial charge in [-0.25, -0.2) is 0 Å². The van der Waals surface area contributed by atoms with Crippen molar-refractivity contribution in [2.45, 2.75) is 6.42 Å². The molecule has 1 heterocycles. The van der Waals surface area contributed by atoms with Gasteiger partial charge in [0.25, 0.3) is 0 Å². The average Bonchev–Trinajstić information content (AvgIpc) is 2.84. The summed E-state index contributed by atoms with van der Waals surface area (Å²) in [5, 5.41) is 15.7. The summed E-state index contributed by atoms with van der Waals surface area (Å²) in [5.41, 5.74) is 2.28. The monoisotopic (exact) mass is 450 g/mol. The van der Waals surface area contributed by atoms with Crippen LogP contribution >= 0.6 is 0 Å². The number of phenolic OH excluding ortho intramolecular Hbond substituents is 1. The Labute approximate surface area is 196 Å². The third kappa shape index (κ3) is 4.47. The fraction of sp³-hybridized carbons (Fsp3) is 0.0714. The number of benzene rings is 4. The molecule has 0 aliphatic carbocycles. The number of ether oxygens (including phenoxy) is 2. The lowest BCUT2D eigenvalue weighted by Crippen LogP contribution is -2.14. The summed E-state index contributed by atoms with van der Waals surface area (Å²) in [6.07, 6.45) is 1.95. The van der Waals surface area contributed by atoms with Gasteiger partial charge in [0.15, 0.2) is 11.5 Å². The van der Waals surface area contributed by atoms with Crippen LogP contribution in [0.3, 0.4) is 0 Å². The molecule has 0 unspecified atom stereocenters. The number of phenols is 1. The molecule has 5 rings (SSSR count). The number of carbonyl (C=O) groups is 1.